The van der Waals surface area contributed by atoms with Crippen molar-refractivity contribution in [2.45, 2.75) is 17.7 Å². The number of amidine groups is 2. The van der Waals surface area contributed by atoms with Gasteiger partial charge in [-0.15, -0.1) is 0 Å². The summed E-state index contributed by atoms with van der Waals surface area (Å²) in [4.78, 5) is 40.8. The number of likely N-dealkylation sites (N-methyl/N-ethyl adjacent to an activating group) is 2. The zero-order valence-electron chi connectivity index (χ0n) is 15.1. The van der Waals surface area contributed by atoms with Crippen molar-refractivity contribution in [3.8, 4) is 0 Å². The summed E-state index contributed by atoms with van der Waals surface area (Å²) in [5, 5.41) is 1.71. The Morgan fingerprint density at radius 2 is 1.79 bits per heavy atom. The van der Waals surface area contributed by atoms with Crippen LogP contribution in [0.25, 0.3) is 0 Å². The lowest BCUT2D eigenvalue weighted by Gasteiger charge is -2.30. The summed E-state index contributed by atoms with van der Waals surface area (Å²) >= 11 is 7.24. The Kier molecular flexibility index (Phi) is 4.86. The highest BCUT2D eigenvalue weighted by atomic mass is 35.5. The lowest BCUT2D eigenvalue weighted by Crippen LogP contribution is -2.61. The maximum Gasteiger partial charge on any atom is 0.366 e. The Morgan fingerprint density at radius 1 is 1.11 bits per heavy atom. The number of carbonyl (C=O) groups excluding carboxylic acids is 2. The maximum atomic E-state index is 12.9. The molecule has 28 heavy (non-hydrogen) atoms. The van der Waals surface area contributed by atoms with Gasteiger partial charge in [0.05, 0.1) is 0 Å². The van der Waals surface area contributed by atoms with Crippen molar-refractivity contribution in [2.75, 3.05) is 14.1 Å². The highest BCUT2D eigenvalue weighted by Crippen LogP contribution is 2.26. The molecule has 0 bridgehead atoms. The number of thioether (sulfide) groups is 1. The summed E-state index contributed by atoms with van der Waals surface area (Å²) in [5.74, 6) is 0.0842. The predicted molar refractivity (Wildman–Crippen MR) is 105 cm³/mol. The van der Waals surface area contributed by atoms with Crippen LogP contribution in [0.2, 0.25) is 5.02 Å². The van der Waals surface area contributed by atoms with Crippen LogP contribution in [-0.4, -0.2) is 67.4 Å². The third kappa shape index (κ3) is 3.27. The SMILES string of the molecule is CN1C(=O)C2C(=NC(Sc3ncccn3)=[N+]2Cc2ccc(Cl)cc2)N(C)C1=O. The van der Waals surface area contributed by atoms with E-state index in [1.165, 1.54) is 23.7 Å². The first-order valence-electron chi connectivity index (χ1n) is 8.42. The molecule has 8 nitrogen and oxygen atoms in total. The van der Waals surface area contributed by atoms with E-state index >= 15 is 0 Å². The zero-order valence-corrected chi connectivity index (χ0v) is 16.7. The molecule has 0 aliphatic carbocycles. The average Bonchev–Trinajstić information content (AvgIpc) is 3.05. The van der Waals surface area contributed by atoms with Crippen LogP contribution in [0.3, 0.4) is 0 Å². The molecule has 3 amide bonds. The van der Waals surface area contributed by atoms with E-state index in [0.717, 1.165) is 10.5 Å². The first-order chi connectivity index (χ1) is 13.5. The second-order valence-corrected chi connectivity index (χ2v) is 7.65. The molecule has 1 unspecified atom stereocenters. The number of benzene rings is 1. The van der Waals surface area contributed by atoms with Crippen LogP contribution in [-0.2, 0) is 11.3 Å². The van der Waals surface area contributed by atoms with E-state index in [-0.39, 0.29) is 5.91 Å². The van der Waals surface area contributed by atoms with Crippen molar-refractivity contribution < 1.29 is 14.2 Å². The Morgan fingerprint density at radius 3 is 2.46 bits per heavy atom. The van der Waals surface area contributed by atoms with Gasteiger partial charge in [0.2, 0.25) is 0 Å². The van der Waals surface area contributed by atoms with Crippen LogP contribution >= 0.6 is 23.4 Å². The van der Waals surface area contributed by atoms with Gasteiger partial charge in [-0.1, -0.05) is 23.7 Å². The van der Waals surface area contributed by atoms with Gasteiger partial charge in [-0.25, -0.2) is 19.3 Å². The Labute approximate surface area is 170 Å². The van der Waals surface area contributed by atoms with E-state index in [4.69, 9.17) is 11.6 Å². The van der Waals surface area contributed by atoms with Crippen LogP contribution in [0, 0.1) is 0 Å². The number of nitrogens with zero attached hydrogens (tertiary/aromatic N) is 6. The number of amides is 3. The van der Waals surface area contributed by atoms with E-state index < -0.39 is 12.1 Å². The minimum absolute atomic E-state index is 0.319. The third-order valence-electron chi connectivity index (χ3n) is 4.48. The number of hydrogen-bond acceptors (Lipinski definition) is 6. The fourth-order valence-electron chi connectivity index (χ4n) is 3.02. The number of imide groups is 1. The number of fused-ring (bicyclic) bond motifs is 1. The van der Waals surface area contributed by atoms with Crippen molar-refractivity contribution in [1.82, 2.24) is 19.8 Å². The molecule has 0 N–H and O–H groups in total. The molecule has 3 heterocycles. The molecule has 142 valence electrons. The highest BCUT2D eigenvalue weighted by molar-refractivity contribution is 8.13. The number of hydrogen-bond donors (Lipinski definition) is 0. The Bertz CT molecular complexity index is 1010. The van der Waals surface area contributed by atoms with Crippen molar-refractivity contribution >= 4 is 46.3 Å². The summed E-state index contributed by atoms with van der Waals surface area (Å²) in [7, 11) is 3.09. The second-order valence-electron chi connectivity index (χ2n) is 6.28. The number of halogens is 1. The molecular formula is C18H16ClN6O2S+. The van der Waals surface area contributed by atoms with Crippen LogP contribution < -0.4 is 0 Å². The van der Waals surface area contributed by atoms with Crippen molar-refractivity contribution in [3.05, 3.63) is 53.3 Å². The molecule has 0 spiro atoms. The summed E-state index contributed by atoms with van der Waals surface area (Å²) in [6.45, 7) is 0.422. The van der Waals surface area contributed by atoms with E-state index in [1.54, 1.807) is 37.6 Å². The van der Waals surface area contributed by atoms with E-state index in [1.807, 2.05) is 16.7 Å². The van der Waals surface area contributed by atoms with Crippen molar-refractivity contribution in [2.24, 2.45) is 4.99 Å². The summed E-state index contributed by atoms with van der Waals surface area (Å²) in [6, 6.07) is 8.02. The van der Waals surface area contributed by atoms with E-state index in [0.29, 0.717) is 27.7 Å². The average molecular weight is 416 g/mol. The topological polar surface area (TPSA) is 81.8 Å². The summed E-state index contributed by atoms with van der Waals surface area (Å²) < 4.78 is 1.86. The van der Waals surface area contributed by atoms with Crippen LogP contribution in [0.4, 0.5) is 4.79 Å². The van der Waals surface area contributed by atoms with Gasteiger partial charge in [0.25, 0.3) is 17.8 Å². The normalized spacial score (nSPS) is 19.2. The standard InChI is InChI=1S/C18H16ClN6O2S/c1-23-14-13(15(26)24(2)18(23)27)25(10-11-4-6-12(19)7-5-11)17(22-14)28-16-20-8-3-9-21-16/h3-9,13H,10H2,1-2H3/q+1. The monoisotopic (exact) mass is 415 g/mol. The number of aliphatic imine (C=N–C) groups is 1. The van der Waals surface area contributed by atoms with Gasteiger partial charge in [-0.3, -0.25) is 14.6 Å². The van der Waals surface area contributed by atoms with Crippen LogP contribution in [0.15, 0.2) is 52.9 Å². The number of rotatable bonds is 3. The number of aromatic nitrogens is 2. The number of urea groups is 1. The number of carbonyl (C=O) groups is 2. The van der Waals surface area contributed by atoms with Gasteiger partial charge in [-0.05, 0) is 28.8 Å². The Hall–Kier alpha value is -2.78. The lowest BCUT2D eigenvalue weighted by atomic mass is 10.1. The highest BCUT2D eigenvalue weighted by Gasteiger charge is 2.53. The van der Waals surface area contributed by atoms with Gasteiger partial charge >= 0.3 is 11.2 Å². The molecular weight excluding hydrogens is 400 g/mol. The molecule has 1 saturated heterocycles. The van der Waals surface area contributed by atoms with E-state index in [2.05, 4.69) is 15.0 Å². The molecule has 0 radical (unpaired) electrons. The fraction of sp³-hybridized carbons (Fsp3) is 0.222. The first kappa shape index (κ1) is 18.6. The molecule has 1 aromatic heterocycles. The molecule has 2 aromatic rings. The predicted octanol–water partition coefficient (Wildman–Crippen LogP) is 2.10. The maximum absolute atomic E-state index is 12.9. The summed E-state index contributed by atoms with van der Waals surface area (Å²) in [6.07, 6.45) is 3.28. The largest absolute Gasteiger partial charge is 0.366 e. The lowest BCUT2D eigenvalue weighted by molar-refractivity contribution is -0.548. The minimum Gasteiger partial charge on any atom is -0.269 e. The third-order valence-corrected chi connectivity index (χ3v) is 5.64. The molecule has 2 aliphatic rings. The molecule has 1 aromatic carbocycles. The van der Waals surface area contributed by atoms with Crippen molar-refractivity contribution in [3.63, 3.8) is 0 Å². The van der Waals surface area contributed by atoms with Crippen molar-refractivity contribution in [1.29, 1.82) is 0 Å². The quantitative estimate of drug-likeness (QED) is 0.566. The van der Waals surface area contributed by atoms with E-state index in [9.17, 15) is 9.59 Å². The second kappa shape index (κ2) is 7.33. The Balaban J connectivity index is 1.76. The molecule has 1 atom stereocenters. The summed E-state index contributed by atoms with van der Waals surface area (Å²) in [5.41, 5.74) is 0.961. The van der Waals surface area contributed by atoms with Crippen LogP contribution in [0.1, 0.15) is 5.56 Å². The molecule has 0 saturated carbocycles. The van der Waals surface area contributed by atoms with Gasteiger partial charge in [0, 0.05) is 43.3 Å². The molecule has 1 fully saturated rings. The van der Waals surface area contributed by atoms with Crippen LogP contribution in [0.5, 0.6) is 0 Å². The van der Waals surface area contributed by atoms with Gasteiger partial charge in [-0.2, -0.15) is 0 Å². The first-order valence-corrected chi connectivity index (χ1v) is 9.62. The molecule has 4 rings (SSSR count). The van der Waals surface area contributed by atoms with Gasteiger partial charge in [0.15, 0.2) is 5.16 Å². The minimum atomic E-state index is -0.686. The molecule has 2 aliphatic heterocycles. The smallest absolute Gasteiger partial charge is 0.269 e. The van der Waals surface area contributed by atoms with Gasteiger partial charge in [0.1, 0.15) is 6.54 Å². The zero-order chi connectivity index (χ0) is 19.8. The fourth-order valence-corrected chi connectivity index (χ4v) is 3.97. The molecule has 10 heteroatoms. The van der Waals surface area contributed by atoms with Gasteiger partial charge < -0.3 is 0 Å².